The molecule has 0 atom stereocenters. The number of oxazole rings is 1. The van der Waals surface area contributed by atoms with Gasteiger partial charge in [-0.25, -0.2) is 4.98 Å². The lowest BCUT2D eigenvalue weighted by atomic mass is 10.1. The molecule has 4 aromatic rings. The number of aromatic amines is 1. The molecule has 0 spiro atoms. The van der Waals surface area contributed by atoms with E-state index in [2.05, 4.69) is 63.7 Å². The number of benzene rings is 1. The number of aromatic nitrogens is 2. The van der Waals surface area contributed by atoms with E-state index in [1.807, 2.05) is 4.90 Å². The van der Waals surface area contributed by atoms with Crippen LogP contribution in [-0.4, -0.2) is 45.3 Å². The van der Waals surface area contributed by atoms with E-state index in [0.29, 0.717) is 18.1 Å². The summed E-state index contributed by atoms with van der Waals surface area (Å²) in [6.07, 6.45) is 6.69. The van der Waals surface area contributed by atoms with Crippen molar-refractivity contribution in [1.82, 2.24) is 19.8 Å². The van der Waals surface area contributed by atoms with Gasteiger partial charge in [-0.3, -0.25) is 9.69 Å². The average molecular weight is 449 g/mol. The number of carbonyl (C=O) groups is 1. The zero-order valence-electron chi connectivity index (χ0n) is 18.3. The first kappa shape index (κ1) is 21.0. The third kappa shape index (κ3) is 4.49. The third-order valence-corrected chi connectivity index (χ3v) is 7.24. The summed E-state index contributed by atoms with van der Waals surface area (Å²) in [5.41, 5.74) is 4.21. The Kier molecular flexibility index (Phi) is 6.10. The van der Waals surface area contributed by atoms with Crippen LogP contribution in [-0.2, 0) is 19.5 Å². The lowest BCUT2D eigenvalue weighted by Gasteiger charge is -2.20. The quantitative estimate of drug-likeness (QED) is 0.412. The SMILES string of the molecule is Cc1ccsc1CN(CCc1c[nH]c2ccccc12)Cc1nc(C(=O)N2CCCC2)co1. The Hall–Kier alpha value is -2.90. The molecule has 1 fully saturated rings. The molecule has 0 unspecified atom stereocenters. The minimum Gasteiger partial charge on any atom is -0.447 e. The number of para-hydroxylation sites is 1. The van der Waals surface area contributed by atoms with Crippen LogP contribution in [0.4, 0.5) is 0 Å². The molecule has 1 aliphatic rings. The van der Waals surface area contributed by atoms with Gasteiger partial charge in [0.05, 0.1) is 6.54 Å². The summed E-state index contributed by atoms with van der Waals surface area (Å²) >= 11 is 1.78. The van der Waals surface area contributed by atoms with Crippen molar-refractivity contribution in [3.63, 3.8) is 0 Å². The first-order valence-electron chi connectivity index (χ1n) is 11.2. The summed E-state index contributed by atoms with van der Waals surface area (Å²) < 4.78 is 5.73. The van der Waals surface area contributed by atoms with Gasteiger partial charge in [0.15, 0.2) is 5.69 Å². The van der Waals surface area contributed by atoms with Gasteiger partial charge in [-0.15, -0.1) is 11.3 Å². The molecule has 1 aromatic carbocycles. The average Bonchev–Trinajstić information content (AvgIpc) is 3.60. The van der Waals surface area contributed by atoms with E-state index in [1.165, 1.54) is 33.2 Å². The summed E-state index contributed by atoms with van der Waals surface area (Å²) in [7, 11) is 0. The normalized spacial score (nSPS) is 14.1. The van der Waals surface area contributed by atoms with Crippen molar-refractivity contribution in [2.45, 2.75) is 39.3 Å². The monoisotopic (exact) mass is 448 g/mol. The number of nitrogens with zero attached hydrogens (tertiary/aromatic N) is 3. The molecule has 1 saturated heterocycles. The van der Waals surface area contributed by atoms with Crippen molar-refractivity contribution in [2.75, 3.05) is 19.6 Å². The first-order valence-corrected chi connectivity index (χ1v) is 12.1. The maximum atomic E-state index is 12.6. The zero-order chi connectivity index (χ0) is 21.9. The van der Waals surface area contributed by atoms with Gasteiger partial charge in [0.1, 0.15) is 6.26 Å². The van der Waals surface area contributed by atoms with E-state index in [9.17, 15) is 4.79 Å². The molecule has 4 heterocycles. The Labute approximate surface area is 191 Å². The Bertz CT molecular complexity index is 1200. The van der Waals surface area contributed by atoms with Crippen LogP contribution in [0.1, 0.15) is 45.2 Å². The number of hydrogen-bond donors (Lipinski definition) is 1. The minimum absolute atomic E-state index is 0.0167. The maximum Gasteiger partial charge on any atom is 0.275 e. The second-order valence-electron chi connectivity index (χ2n) is 8.47. The molecule has 1 aliphatic heterocycles. The highest BCUT2D eigenvalue weighted by Gasteiger charge is 2.23. The highest BCUT2D eigenvalue weighted by Crippen LogP contribution is 2.22. The molecule has 7 heteroatoms. The van der Waals surface area contributed by atoms with E-state index in [4.69, 9.17) is 4.42 Å². The molecule has 0 radical (unpaired) electrons. The van der Waals surface area contributed by atoms with Crippen molar-refractivity contribution in [2.24, 2.45) is 0 Å². The van der Waals surface area contributed by atoms with Gasteiger partial charge < -0.3 is 14.3 Å². The van der Waals surface area contributed by atoms with Gasteiger partial charge in [0, 0.05) is 48.2 Å². The Morgan fingerprint density at radius 1 is 1.22 bits per heavy atom. The van der Waals surface area contributed by atoms with Crippen molar-refractivity contribution in [3.05, 3.63) is 75.8 Å². The number of thiophene rings is 1. The molecule has 1 amide bonds. The van der Waals surface area contributed by atoms with Crippen LogP contribution < -0.4 is 0 Å². The van der Waals surface area contributed by atoms with Crippen LogP contribution in [0.5, 0.6) is 0 Å². The van der Waals surface area contributed by atoms with Crippen molar-refractivity contribution >= 4 is 28.1 Å². The van der Waals surface area contributed by atoms with Gasteiger partial charge in [-0.2, -0.15) is 0 Å². The number of carbonyl (C=O) groups excluding carboxylic acids is 1. The number of fused-ring (bicyclic) bond motifs is 1. The fraction of sp³-hybridized carbons (Fsp3) is 0.360. The smallest absolute Gasteiger partial charge is 0.275 e. The van der Waals surface area contributed by atoms with Crippen molar-refractivity contribution in [3.8, 4) is 0 Å². The molecule has 0 aliphatic carbocycles. The minimum atomic E-state index is -0.0167. The van der Waals surface area contributed by atoms with Crippen LogP contribution in [0, 0.1) is 6.92 Å². The number of aryl methyl sites for hydroxylation is 1. The first-order chi connectivity index (χ1) is 15.7. The Morgan fingerprint density at radius 3 is 2.88 bits per heavy atom. The zero-order valence-corrected chi connectivity index (χ0v) is 19.2. The van der Waals surface area contributed by atoms with E-state index >= 15 is 0 Å². The molecule has 6 nitrogen and oxygen atoms in total. The maximum absolute atomic E-state index is 12.6. The van der Waals surface area contributed by atoms with Crippen LogP contribution in [0.25, 0.3) is 10.9 Å². The molecular weight excluding hydrogens is 420 g/mol. The van der Waals surface area contributed by atoms with Crippen molar-refractivity contribution < 1.29 is 9.21 Å². The molecule has 166 valence electrons. The highest BCUT2D eigenvalue weighted by atomic mass is 32.1. The predicted octanol–water partition coefficient (Wildman–Crippen LogP) is 5.01. The summed E-state index contributed by atoms with van der Waals surface area (Å²) in [4.78, 5) is 26.1. The topological polar surface area (TPSA) is 65.4 Å². The number of amides is 1. The van der Waals surface area contributed by atoms with Crippen LogP contribution in [0.3, 0.4) is 0 Å². The molecule has 0 bridgehead atoms. The second kappa shape index (κ2) is 9.30. The van der Waals surface area contributed by atoms with Crippen LogP contribution in [0.15, 0.2) is 52.6 Å². The number of nitrogens with one attached hydrogen (secondary N) is 1. The predicted molar refractivity (Wildman–Crippen MR) is 127 cm³/mol. The van der Waals surface area contributed by atoms with Crippen LogP contribution >= 0.6 is 11.3 Å². The fourth-order valence-corrected chi connectivity index (χ4v) is 5.30. The molecule has 5 rings (SSSR count). The fourth-order valence-electron chi connectivity index (χ4n) is 4.36. The van der Waals surface area contributed by atoms with Gasteiger partial charge >= 0.3 is 0 Å². The van der Waals surface area contributed by atoms with Crippen molar-refractivity contribution in [1.29, 1.82) is 0 Å². The summed E-state index contributed by atoms with van der Waals surface area (Å²) in [6, 6.07) is 10.6. The van der Waals surface area contributed by atoms with Crippen LogP contribution in [0.2, 0.25) is 0 Å². The molecule has 3 aromatic heterocycles. The van der Waals surface area contributed by atoms with Gasteiger partial charge in [-0.05, 0) is 54.8 Å². The van der Waals surface area contributed by atoms with E-state index in [1.54, 1.807) is 11.3 Å². The number of rotatable bonds is 8. The lowest BCUT2D eigenvalue weighted by molar-refractivity contribution is 0.0787. The molecule has 32 heavy (non-hydrogen) atoms. The van der Waals surface area contributed by atoms with E-state index in [-0.39, 0.29) is 5.91 Å². The van der Waals surface area contributed by atoms with Gasteiger partial charge in [-0.1, -0.05) is 18.2 Å². The molecular formula is C25H28N4O2S. The largest absolute Gasteiger partial charge is 0.447 e. The Morgan fingerprint density at radius 2 is 2.06 bits per heavy atom. The molecule has 1 N–H and O–H groups in total. The third-order valence-electron chi connectivity index (χ3n) is 6.23. The van der Waals surface area contributed by atoms with E-state index < -0.39 is 0 Å². The molecule has 0 saturated carbocycles. The summed E-state index contributed by atoms with van der Waals surface area (Å²) in [5.74, 6) is 0.581. The van der Waals surface area contributed by atoms with Gasteiger partial charge in [0.25, 0.3) is 5.91 Å². The summed E-state index contributed by atoms with van der Waals surface area (Å²) in [6.45, 7) is 6.07. The van der Waals surface area contributed by atoms with E-state index in [0.717, 1.165) is 45.4 Å². The Balaban J connectivity index is 1.31. The second-order valence-corrected chi connectivity index (χ2v) is 9.47. The number of H-pyrrole nitrogens is 1. The highest BCUT2D eigenvalue weighted by molar-refractivity contribution is 7.10. The lowest BCUT2D eigenvalue weighted by Crippen LogP contribution is -2.28. The van der Waals surface area contributed by atoms with Gasteiger partial charge in [0.2, 0.25) is 5.89 Å². The standard InChI is InChI=1S/C25H28N4O2S/c1-18-9-13-32-23(18)15-28(12-8-19-14-26-21-7-3-2-6-20(19)21)16-24-27-22(17-31-24)25(30)29-10-4-5-11-29/h2-3,6-7,9,13-14,17,26H,4-5,8,10-12,15-16H2,1H3. The summed E-state index contributed by atoms with van der Waals surface area (Å²) in [5, 5.41) is 3.41. The number of likely N-dealkylation sites (tertiary alicyclic amines) is 1. The number of hydrogen-bond acceptors (Lipinski definition) is 5.